The maximum atomic E-state index is 9.11. The molecule has 0 radical (unpaired) electrons. The van der Waals surface area contributed by atoms with Gasteiger partial charge in [-0.05, 0) is 18.1 Å². The molecule has 0 saturated carbocycles. The Kier molecular flexibility index (Phi) is 4.22. The van der Waals surface area contributed by atoms with Gasteiger partial charge >= 0.3 is 0 Å². The van der Waals surface area contributed by atoms with E-state index in [1.165, 1.54) is 22.5 Å². The second-order valence-corrected chi connectivity index (χ2v) is 5.57. The molecule has 0 aliphatic rings. The number of hydrogen-bond donors (Lipinski definition) is 1. The number of benzene rings is 1. The van der Waals surface area contributed by atoms with E-state index in [1.807, 2.05) is 24.1 Å². The zero-order valence-electron chi connectivity index (χ0n) is 10.4. The van der Waals surface area contributed by atoms with E-state index in [0.717, 1.165) is 11.7 Å². The summed E-state index contributed by atoms with van der Waals surface area (Å²) in [7, 11) is 1.97. The first-order valence-electron chi connectivity index (χ1n) is 5.63. The minimum absolute atomic E-state index is 0.0608. The number of halogens is 1. The average molecular weight is 283 g/mol. The van der Waals surface area contributed by atoms with E-state index in [0.29, 0.717) is 10.0 Å². The lowest BCUT2D eigenvalue weighted by Crippen LogP contribution is -2.16. The number of aliphatic hydroxyl groups is 1. The van der Waals surface area contributed by atoms with Gasteiger partial charge in [-0.15, -0.1) is 0 Å². The van der Waals surface area contributed by atoms with Crippen molar-refractivity contribution in [2.45, 2.75) is 20.1 Å². The van der Waals surface area contributed by atoms with Crippen LogP contribution in [0.15, 0.2) is 24.3 Å². The van der Waals surface area contributed by atoms with E-state index >= 15 is 0 Å². The molecule has 0 aliphatic heterocycles. The van der Waals surface area contributed by atoms with Gasteiger partial charge in [-0.1, -0.05) is 47.2 Å². The molecule has 0 aliphatic carbocycles. The number of hydrogen-bond acceptors (Lipinski definition) is 4. The van der Waals surface area contributed by atoms with Crippen molar-refractivity contribution in [3.8, 4) is 0 Å². The summed E-state index contributed by atoms with van der Waals surface area (Å²) in [6, 6.07) is 8.26. The quantitative estimate of drug-likeness (QED) is 0.935. The Bertz CT molecular complexity index is 542. The van der Waals surface area contributed by atoms with Crippen molar-refractivity contribution in [3.63, 3.8) is 0 Å². The van der Waals surface area contributed by atoms with Crippen molar-refractivity contribution in [1.82, 2.24) is 4.98 Å². The van der Waals surface area contributed by atoms with Crippen LogP contribution in [0.3, 0.4) is 0 Å². The van der Waals surface area contributed by atoms with E-state index in [-0.39, 0.29) is 6.61 Å². The molecule has 0 atom stereocenters. The minimum Gasteiger partial charge on any atom is -0.391 e. The maximum Gasteiger partial charge on any atom is 0.187 e. The predicted molar refractivity (Wildman–Crippen MR) is 76.3 cm³/mol. The summed E-state index contributed by atoms with van der Waals surface area (Å²) >= 11 is 7.36. The summed E-state index contributed by atoms with van der Waals surface area (Å²) in [5.74, 6) is 0. The van der Waals surface area contributed by atoms with Crippen LogP contribution in [-0.2, 0) is 13.2 Å². The van der Waals surface area contributed by atoms with E-state index in [9.17, 15) is 0 Å². The first-order valence-corrected chi connectivity index (χ1v) is 6.83. The van der Waals surface area contributed by atoms with Crippen LogP contribution in [0.4, 0.5) is 5.13 Å². The second kappa shape index (κ2) is 5.69. The Labute approximate surface area is 116 Å². The molecule has 1 aromatic heterocycles. The Morgan fingerprint density at radius 3 is 2.72 bits per heavy atom. The van der Waals surface area contributed by atoms with Gasteiger partial charge in [0, 0.05) is 13.6 Å². The van der Waals surface area contributed by atoms with Gasteiger partial charge < -0.3 is 10.0 Å². The molecule has 2 aromatic rings. The largest absolute Gasteiger partial charge is 0.391 e. The normalized spacial score (nSPS) is 10.7. The lowest BCUT2D eigenvalue weighted by Gasteiger charge is -2.17. The molecule has 0 spiro atoms. The number of rotatable bonds is 4. The fourth-order valence-corrected chi connectivity index (χ4v) is 2.77. The zero-order chi connectivity index (χ0) is 13.1. The smallest absolute Gasteiger partial charge is 0.187 e. The SMILES string of the molecule is Cc1ccccc1CN(C)c1nc(Cl)c(CO)s1. The second-order valence-electron chi connectivity index (χ2n) is 4.15. The summed E-state index contributed by atoms with van der Waals surface area (Å²) in [6.45, 7) is 2.81. The third-order valence-corrected chi connectivity index (χ3v) is 4.36. The van der Waals surface area contributed by atoms with Crippen LogP contribution in [0.1, 0.15) is 16.0 Å². The van der Waals surface area contributed by atoms with Gasteiger partial charge in [0.2, 0.25) is 0 Å². The molecule has 0 amide bonds. The number of nitrogens with zero attached hydrogens (tertiary/aromatic N) is 2. The highest BCUT2D eigenvalue weighted by Gasteiger charge is 2.12. The number of aromatic nitrogens is 1. The van der Waals surface area contributed by atoms with Gasteiger partial charge in [0.1, 0.15) is 5.15 Å². The standard InChI is InChI=1S/C13H15ClN2OS/c1-9-5-3-4-6-10(9)7-16(2)13-15-12(14)11(8-17)18-13/h3-6,17H,7-8H2,1-2H3. The minimum atomic E-state index is -0.0608. The van der Waals surface area contributed by atoms with Gasteiger partial charge in [-0.2, -0.15) is 0 Å². The number of anilines is 1. The summed E-state index contributed by atoms with van der Waals surface area (Å²) in [4.78, 5) is 7.01. The molecule has 3 nitrogen and oxygen atoms in total. The molecule has 0 fully saturated rings. The highest BCUT2D eigenvalue weighted by molar-refractivity contribution is 7.16. The third kappa shape index (κ3) is 2.83. The third-order valence-electron chi connectivity index (χ3n) is 2.78. The Morgan fingerprint density at radius 1 is 1.39 bits per heavy atom. The maximum absolute atomic E-state index is 9.11. The summed E-state index contributed by atoms with van der Waals surface area (Å²) in [6.07, 6.45) is 0. The molecule has 0 unspecified atom stereocenters. The number of aryl methyl sites for hydroxylation is 1. The van der Waals surface area contributed by atoms with Gasteiger partial charge in [0.05, 0.1) is 11.5 Å². The van der Waals surface area contributed by atoms with Crippen LogP contribution < -0.4 is 4.90 Å². The molecule has 1 heterocycles. The Balaban J connectivity index is 2.16. The summed E-state index contributed by atoms with van der Waals surface area (Å²) < 4.78 is 0. The van der Waals surface area contributed by atoms with Crippen molar-refractivity contribution in [3.05, 3.63) is 45.4 Å². The molecular formula is C13H15ClN2OS. The fourth-order valence-electron chi connectivity index (χ4n) is 1.69. The molecule has 1 aromatic carbocycles. The van der Waals surface area contributed by atoms with Gasteiger partial charge in [0.15, 0.2) is 5.13 Å². The van der Waals surface area contributed by atoms with Crippen LogP contribution in [0, 0.1) is 6.92 Å². The first-order chi connectivity index (χ1) is 8.61. The summed E-state index contributed by atoms with van der Waals surface area (Å²) in [5, 5.41) is 10.3. The lowest BCUT2D eigenvalue weighted by atomic mass is 10.1. The van der Waals surface area contributed by atoms with Crippen LogP contribution in [0.5, 0.6) is 0 Å². The Morgan fingerprint density at radius 2 is 2.11 bits per heavy atom. The molecule has 5 heteroatoms. The summed E-state index contributed by atoms with van der Waals surface area (Å²) in [5.41, 5.74) is 2.52. The topological polar surface area (TPSA) is 36.4 Å². The van der Waals surface area contributed by atoms with Crippen molar-refractivity contribution in [2.75, 3.05) is 11.9 Å². The molecule has 2 rings (SSSR count). The van der Waals surface area contributed by atoms with E-state index in [2.05, 4.69) is 24.0 Å². The van der Waals surface area contributed by atoms with Crippen LogP contribution in [-0.4, -0.2) is 17.1 Å². The van der Waals surface area contributed by atoms with Crippen LogP contribution >= 0.6 is 22.9 Å². The monoisotopic (exact) mass is 282 g/mol. The molecule has 0 bridgehead atoms. The predicted octanol–water partition coefficient (Wildman–Crippen LogP) is 3.23. The van der Waals surface area contributed by atoms with Gasteiger partial charge in [-0.25, -0.2) is 4.98 Å². The van der Waals surface area contributed by atoms with E-state index in [1.54, 1.807) is 0 Å². The van der Waals surface area contributed by atoms with E-state index < -0.39 is 0 Å². The zero-order valence-corrected chi connectivity index (χ0v) is 11.9. The van der Waals surface area contributed by atoms with Crippen LogP contribution in [0.25, 0.3) is 0 Å². The molecule has 18 heavy (non-hydrogen) atoms. The van der Waals surface area contributed by atoms with Crippen molar-refractivity contribution in [2.24, 2.45) is 0 Å². The first kappa shape index (κ1) is 13.3. The van der Waals surface area contributed by atoms with Crippen molar-refractivity contribution < 1.29 is 5.11 Å². The van der Waals surface area contributed by atoms with Crippen LogP contribution in [0.2, 0.25) is 5.15 Å². The molecule has 1 N–H and O–H groups in total. The number of thiazole rings is 1. The highest BCUT2D eigenvalue weighted by Crippen LogP contribution is 2.29. The lowest BCUT2D eigenvalue weighted by molar-refractivity contribution is 0.285. The molecular weight excluding hydrogens is 268 g/mol. The van der Waals surface area contributed by atoms with Gasteiger partial charge in [-0.3, -0.25) is 0 Å². The van der Waals surface area contributed by atoms with Gasteiger partial charge in [0.25, 0.3) is 0 Å². The Hall–Kier alpha value is -1.10. The van der Waals surface area contributed by atoms with Crippen molar-refractivity contribution >= 4 is 28.1 Å². The molecule has 0 saturated heterocycles. The van der Waals surface area contributed by atoms with E-state index in [4.69, 9.17) is 16.7 Å². The fraction of sp³-hybridized carbons (Fsp3) is 0.308. The number of aliphatic hydroxyl groups excluding tert-OH is 1. The average Bonchev–Trinajstić information content (AvgIpc) is 2.73. The molecule has 96 valence electrons. The highest BCUT2D eigenvalue weighted by atomic mass is 35.5. The van der Waals surface area contributed by atoms with Crippen molar-refractivity contribution in [1.29, 1.82) is 0 Å².